The molecule has 0 radical (unpaired) electrons. The monoisotopic (exact) mass is 358 g/mol. The number of carbonyl (C=O) groups excluding carboxylic acids is 1. The Hall–Kier alpha value is -2.38. The van der Waals surface area contributed by atoms with Gasteiger partial charge in [0.05, 0.1) is 18.3 Å². The fourth-order valence-corrected chi connectivity index (χ4v) is 3.00. The van der Waals surface area contributed by atoms with E-state index in [0.717, 1.165) is 31.5 Å². The van der Waals surface area contributed by atoms with Crippen molar-refractivity contribution in [2.24, 2.45) is 0 Å². The topological polar surface area (TPSA) is 77.4 Å². The van der Waals surface area contributed by atoms with Crippen molar-refractivity contribution in [3.05, 3.63) is 41.7 Å². The summed E-state index contributed by atoms with van der Waals surface area (Å²) in [6.07, 6.45) is 4.07. The normalized spacial score (nSPS) is 17.1. The number of methoxy groups -OCH3 is 1. The highest BCUT2D eigenvalue weighted by atomic mass is 16.5. The van der Waals surface area contributed by atoms with E-state index in [9.17, 15) is 4.79 Å². The highest BCUT2D eigenvalue weighted by Gasteiger charge is 2.18. The molecule has 3 rings (SSSR count). The fourth-order valence-electron chi connectivity index (χ4n) is 3.00. The summed E-state index contributed by atoms with van der Waals surface area (Å²) < 4.78 is 12.6. The Labute approximate surface area is 153 Å². The van der Waals surface area contributed by atoms with Gasteiger partial charge in [-0.15, -0.1) is 0 Å². The van der Waals surface area contributed by atoms with E-state index in [-0.39, 0.29) is 5.91 Å². The lowest BCUT2D eigenvalue weighted by molar-refractivity contribution is 0.102. The lowest BCUT2D eigenvalue weighted by atomic mass is 10.1. The molecule has 0 saturated carbocycles. The Morgan fingerprint density at radius 3 is 3.04 bits per heavy atom. The summed E-state index contributed by atoms with van der Waals surface area (Å²) in [6, 6.07) is 7.74. The minimum absolute atomic E-state index is 0.243. The highest BCUT2D eigenvalue weighted by molar-refractivity contribution is 6.03. The van der Waals surface area contributed by atoms with Gasteiger partial charge in [-0.05, 0) is 50.1 Å². The molecule has 0 spiro atoms. The van der Waals surface area contributed by atoms with Crippen LogP contribution in [0.5, 0.6) is 5.75 Å². The van der Waals surface area contributed by atoms with Crippen LogP contribution in [0.15, 0.2) is 30.5 Å². The number of aryl methyl sites for hydroxylation is 1. The molecule has 1 aliphatic rings. The highest BCUT2D eigenvalue weighted by Crippen LogP contribution is 2.26. The molecule has 0 aliphatic carbocycles. The second-order valence-electron chi connectivity index (χ2n) is 6.48. The molecule has 1 aliphatic heterocycles. The number of hydrogen-bond acceptors (Lipinski definition) is 5. The van der Waals surface area contributed by atoms with E-state index in [0.29, 0.717) is 36.4 Å². The fraction of sp³-hybridized carbons (Fsp3) is 0.474. The van der Waals surface area contributed by atoms with Crippen molar-refractivity contribution in [3.8, 4) is 5.75 Å². The van der Waals surface area contributed by atoms with E-state index in [1.807, 2.05) is 36.0 Å². The smallest absolute Gasteiger partial charge is 0.276 e. The number of amides is 1. The molecule has 2 aromatic rings. The van der Waals surface area contributed by atoms with Gasteiger partial charge in [-0.2, -0.15) is 5.10 Å². The van der Waals surface area contributed by atoms with Gasteiger partial charge in [0.15, 0.2) is 5.69 Å². The SMILES string of the molecule is COCCOc1cc(C)ccc1NC(=O)c1ccn(C2CCCNC2)n1. The van der Waals surface area contributed by atoms with Gasteiger partial charge >= 0.3 is 0 Å². The summed E-state index contributed by atoms with van der Waals surface area (Å²) in [7, 11) is 1.63. The van der Waals surface area contributed by atoms with Crippen LogP contribution in [0, 0.1) is 6.92 Å². The first-order valence-corrected chi connectivity index (χ1v) is 8.97. The predicted octanol–water partition coefficient (Wildman–Crippen LogP) is 2.39. The van der Waals surface area contributed by atoms with Gasteiger partial charge in [-0.3, -0.25) is 9.48 Å². The van der Waals surface area contributed by atoms with Gasteiger partial charge in [0.2, 0.25) is 0 Å². The van der Waals surface area contributed by atoms with Crippen LogP contribution in [0.3, 0.4) is 0 Å². The van der Waals surface area contributed by atoms with Crippen LogP contribution in [-0.4, -0.2) is 49.1 Å². The second kappa shape index (κ2) is 8.82. The Morgan fingerprint density at radius 2 is 2.27 bits per heavy atom. The van der Waals surface area contributed by atoms with Crippen LogP contribution in [0.4, 0.5) is 5.69 Å². The first-order valence-electron chi connectivity index (χ1n) is 8.97. The molecule has 7 heteroatoms. The number of aromatic nitrogens is 2. The number of carbonyl (C=O) groups is 1. The molecule has 0 bridgehead atoms. The zero-order valence-corrected chi connectivity index (χ0v) is 15.3. The van der Waals surface area contributed by atoms with Gasteiger partial charge in [-0.1, -0.05) is 6.07 Å². The van der Waals surface area contributed by atoms with Crippen LogP contribution < -0.4 is 15.4 Å². The molecule has 1 aromatic heterocycles. The molecule has 1 amide bonds. The molecule has 2 heterocycles. The number of benzene rings is 1. The third-order valence-corrected chi connectivity index (χ3v) is 4.42. The van der Waals surface area contributed by atoms with Gasteiger partial charge in [-0.25, -0.2) is 0 Å². The Kier molecular flexibility index (Phi) is 6.25. The minimum Gasteiger partial charge on any atom is -0.489 e. The lowest BCUT2D eigenvalue weighted by Gasteiger charge is -2.22. The molecular weight excluding hydrogens is 332 g/mol. The Morgan fingerprint density at radius 1 is 1.38 bits per heavy atom. The molecule has 1 fully saturated rings. The second-order valence-corrected chi connectivity index (χ2v) is 6.48. The quantitative estimate of drug-likeness (QED) is 0.743. The zero-order valence-electron chi connectivity index (χ0n) is 15.3. The van der Waals surface area contributed by atoms with Crippen LogP contribution in [0.2, 0.25) is 0 Å². The number of rotatable bonds is 7. The summed E-state index contributed by atoms with van der Waals surface area (Å²) in [4.78, 5) is 12.6. The molecule has 1 saturated heterocycles. The average molecular weight is 358 g/mol. The van der Waals surface area contributed by atoms with E-state index in [1.165, 1.54) is 0 Å². The summed E-state index contributed by atoms with van der Waals surface area (Å²) in [6.45, 7) is 4.82. The maximum absolute atomic E-state index is 12.6. The maximum atomic E-state index is 12.6. The third kappa shape index (κ3) is 4.62. The largest absolute Gasteiger partial charge is 0.489 e. The lowest BCUT2D eigenvalue weighted by Crippen LogP contribution is -2.32. The van der Waals surface area contributed by atoms with Crippen molar-refractivity contribution in [1.29, 1.82) is 0 Å². The van der Waals surface area contributed by atoms with Crippen molar-refractivity contribution < 1.29 is 14.3 Å². The third-order valence-electron chi connectivity index (χ3n) is 4.42. The molecule has 2 N–H and O–H groups in total. The Balaban J connectivity index is 1.68. The number of nitrogens with one attached hydrogen (secondary N) is 2. The predicted molar refractivity (Wildman–Crippen MR) is 99.9 cm³/mol. The van der Waals surface area contributed by atoms with E-state index >= 15 is 0 Å². The first kappa shape index (κ1) is 18.4. The zero-order chi connectivity index (χ0) is 18.4. The van der Waals surface area contributed by atoms with Crippen molar-refractivity contribution in [2.75, 3.05) is 38.7 Å². The van der Waals surface area contributed by atoms with Gasteiger partial charge in [0, 0.05) is 19.9 Å². The van der Waals surface area contributed by atoms with Crippen LogP contribution in [0.25, 0.3) is 0 Å². The van der Waals surface area contributed by atoms with Crippen LogP contribution in [0.1, 0.15) is 34.9 Å². The molecule has 1 aromatic carbocycles. The molecule has 1 unspecified atom stereocenters. The molecule has 26 heavy (non-hydrogen) atoms. The molecule has 7 nitrogen and oxygen atoms in total. The number of anilines is 1. The van der Waals surface area contributed by atoms with Crippen molar-refractivity contribution in [1.82, 2.24) is 15.1 Å². The maximum Gasteiger partial charge on any atom is 0.276 e. The number of piperidine rings is 1. The number of hydrogen-bond donors (Lipinski definition) is 2. The summed E-state index contributed by atoms with van der Waals surface area (Å²) in [5, 5.41) is 10.7. The summed E-state index contributed by atoms with van der Waals surface area (Å²) in [5.74, 6) is 0.388. The van der Waals surface area contributed by atoms with Gasteiger partial charge in [0.1, 0.15) is 12.4 Å². The number of ether oxygens (including phenoxy) is 2. The summed E-state index contributed by atoms with van der Waals surface area (Å²) >= 11 is 0. The van der Waals surface area contributed by atoms with E-state index in [1.54, 1.807) is 13.2 Å². The van der Waals surface area contributed by atoms with E-state index in [2.05, 4.69) is 15.7 Å². The standard InChI is InChI=1S/C19H26N4O3/c1-14-5-6-16(18(12-14)26-11-10-25-2)21-19(24)17-7-9-23(22-17)15-4-3-8-20-13-15/h5-7,9,12,15,20H,3-4,8,10-11,13H2,1-2H3,(H,21,24). The first-order chi connectivity index (χ1) is 12.7. The van der Waals surface area contributed by atoms with Crippen LogP contribution >= 0.6 is 0 Å². The summed E-state index contributed by atoms with van der Waals surface area (Å²) in [5.41, 5.74) is 2.09. The molecule has 1 atom stereocenters. The number of nitrogens with zero attached hydrogens (tertiary/aromatic N) is 2. The van der Waals surface area contributed by atoms with Gasteiger partial charge in [0.25, 0.3) is 5.91 Å². The Bertz CT molecular complexity index is 738. The minimum atomic E-state index is -0.243. The molecule has 140 valence electrons. The van der Waals surface area contributed by atoms with Crippen molar-refractivity contribution in [3.63, 3.8) is 0 Å². The van der Waals surface area contributed by atoms with Crippen molar-refractivity contribution >= 4 is 11.6 Å². The average Bonchev–Trinajstić information content (AvgIpc) is 3.15. The molecular formula is C19H26N4O3. The van der Waals surface area contributed by atoms with Crippen LogP contribution in [-0.2, 0) is 4.74 Å². The van der Waals surface area contributed by atoms with E-state index < -0.39 is 0 Å². The van der Waals surface area contributed by atoms with E-state index in [4.69, 9.17) is 9.47 Å². The van der Waals surface area contributed by atoms with Gasteiger partial charge < -0.3 is 20.1 Å². The van der Waals surface area contributed by atoms with Crippen molar-refractivity contribution in [2.45, 2.75) is 25.8 Å².